The Hall–Kier alpha value is -3.31. The molecule has 1 aliphatic heterocycles. The molecule has 1 aliphatic rings. The van der Waals surface area contributed by atoms with Gasteiger partial charge in [-0.2, -0.15) is 0 Å². The summed E-state index contributed by atoms with van der Waals surface area (Å²) in [5.41, 5.74) is 3.14. The minimum atomic E-state index is -0.206. The molecule has 0 aromatic heterocycles. The van der Waals surface area contributed by atoms with E-state index in [1.165, 1.54) is 0 Å². The van der Waals surface area contributed by atoms with Gasteiger partial charge in [-0.25, -0.2) is 4.79 Å². The largest absolute Gasteiger partial charge is 0.324 e. The van der Waals surface area contributed by atoms with Gasteiger partial charge in [-0.1, -0.05) is 41.9 Å². The highest BCUT2D eigenvalue weighted by Crippen LogP contribution is 2.23. The number of amides is 3. The van der Waals surface area contributed by atoms with Crippen molar-refractivity contribution in [2.45, 2.75) is 13.0 Å². The van der Waals surface area contributed by atoms with E-state index in [1.54, 1.807) is 29.2 Å². The molecule has 1 N–H and O–H groups in total. The van der Waals surface area contributed by atoms with Crippen molar-refractivity contribution < 1.29 is 9.59 Å². The highest BCUT2D eigenvalue weighted by atomic mass is 35.5. The standard InChI is InChI=1S/C24H22ClN3O2/c25-20-9-7-19(8-10-20)23(29)26-21-11-13-22(14-12-21)28-16-4-15-27(24(28)30)17-18-5-2-1-3-6-18/h1-3,5-14H,4,15-17H2,(H,26,29). The van der Waals surface area contributed by atoms with Crippen LogP contribution in [0.25, 0.3) is 0 Å². The molecule has 0 unspecified atom stereocenters. The third-order valence-electron chi connectivity index (χ3n) is 5.07. The molecule has 3 aromatic rings. The fourth-order valence-electron chi connectivity index (χ4n) is 3.50. The van der Waals surface area contributed by atoms with E-state index in [1.807, 2.05) is 59.5 Å². The lowest BCUT2D eigenvalue weighted by Gasteiger charge is -2.35. The van der Waals surface area contributed by atoms with Crippen LogP contribution < -0.4 is 10.2 Å². The number of hydrogen-bond acceptors (Lipinski definition) is 2. The van der Waals surface area contributed by atoms with Crippen LogP contribution in [0.3, 0.4) is 0 Å². The van der Waals surface area contributed by atoms with Gasteiger partial charge in [-0.3, -0.25) is 9.69 Å². The van der Waals surface area contributed by atoms with Crippen LogP contribution in [0.15, 0.2) is 78.9 Å². The number of anilines is 2. The molecule has 0 radical (unpaired) electrons. The molecule has 0 aliphatic carbocycles. The molecule has 0 spiro atoms. The predicted molar refractivity (Wildman–Crippen MR) is 120 cm³/mol. The van der Waals surface area contributed by atoms with E-state index in [-0.39, 0.29) is 11.9 Å². The minimum absolute atomic E-state index is 0.00283. The third-order valence-corrected chi connectivity index (χ3v) is 5.32. The Labute approximate surface area is 180 Å². The maximum atomic E-state index is 13.0. The van der Waals surface area contributed by atoms with Crippen LogP contribution >= 0.6 is 11.6 Å². The van der Waals surface area contributed by atoms with Crippen molar-refractivity contribution in [1.82, 2.24) is 4.90 Å². The summed E-state index contributed by atoms with van der Waals surface area (Å²) in [5.74, 6) is -0.206. The monoisotopic (exact) mass is 419 g/mol. The summed E-state index contributed by atoms with van der Waals surface area (Å²) >= 11 is 5.87. The van der Waals surface area contributed by atoms with Crippen LogP contribution in [0, 0.1) is 0 Å². The lowest BCUT2D eigenvalue weighted by atomic mass is 10.1. The molecule has 3 aromatic carbocycles. The zero-order chi connectivity index (χ0) is 20.9. The molecule has 4 rings (SSSR count). The van der Waals surface area contributed by atoms with Gasteiger partial charge in [0.1, 0.15) is 0 Å². The summed E-state index contributed by atoms with van der Waals surface area (Å²) in [6, 6.07) is 24.1. The van der Waals surface area contributed by atoms with Crippen LogP contribution in [0.2, 0.25) is 5.02 Å². The number of halogens is 1. The SMILES string of the molecule is O=C(Nc1ccc(N2CCCN(Cc3ccccc3)C2=O)cc1)c1ccc(Cl)cc1. The Bertz CT molecular complexity index is 1020. The predicted octanol–water partition coefficient (Wildman–Crippen LogP) is 5.42. The van der Waals surface area contributed by atoms with Crippen molar-refractivity contribution in [2.24, 2.45) is 0 Å². The molecule has 3 amide bonds. The van der Waals surface area contributed by atoms with Crippen LogP contribution in [0.4, 0.5) is 16.2 Å². The van der Waals surface area contributed by atoms with E-state index in [4.69, 9.17) is 11.6 Å². The molecular formula is C24H22ClN3O2. The van der Waals surface area contributed by atoms with Crippen molar-refractivity contribution >= 4 is 34.9 Å². The number of nitrogens with zero attached hydrogens (tertiary/aromatic N) is 2. The molecule has 0 bridgehead atoms. The van der Waals surface area contributed by atoms with Crippen molar-refractivity contribution in [1.29, 1.82) is 0 Å². The Balaban J connectivity index is 1.42. The summed E-state index contributed by atoms with van der Waals surface area (Å²) in [4.78, 5) is 29.0. The molecule has 1 saturated heterocycles. The van der Waals surface area contributed by atoms with E-state index in [0.717, 1.165) is 24.2 Å². The average molecular weight is 420 g/mol. The van der Waals surface area contributed by atoms with E-state index < -0.39 is 0 Å². The summed E-state index contributed by atoms with van der Waals surface area (Å²) in [6.07, 6.45) is 0.910. The fraction of sp³-hybridized carbons (Fsp3) is 0.167. The van der Waals surface area contributed by atoms with Gasteiger partial charge in [0.15, 0.2) is 0 Å². The number of hydrogen-bond donors (Lipinski definition) is 1. The van der Waals surface area contributed by atoms with E-state index in [2.05, 4.69) is 5.32 Å². The number of benzene rings is 3. The second-order valence-electron chi connectivity index (χ2n) is 7.20. The summed E-state index contributed by atoms with van der Waals surface area (Å²) < 4.78 is 0. The molecule has 152 valence electrons. The molecule has 5 nitrogen and oxygen atoms in total. The third kappa shape index (κ3) is 4.63. The highest BCUT2D eigenvalue weighted by molar-refractivity contribution is 6.30. The number of rotatable bonds is 5. The van der Waals surface area contributed by atoms with Gasteiger partial charge in [-0.05, 0) is 60.5 Å². The summed E-state index contributed by atoms with van der Waals surface area (Å²) in [7, 11) is 0. The van der Waals surface area contributed by atoms with Crippen LogP contribution in [-0.4, -0.2) is 29.9 Å². The first kappa shape index (κ1) is 20.0. The van der Waals surface area contributed by atoms with E-state index >= 15 is 0 Å². The Morgan fingerprint density at radius 2 is 1.60 bits per heavy atom. The molecule has 0 saturated carbocycles. The number of carbonyl (C=O) groups is 2. The van der Waals surface area contributed by atoms with Gasteiger partial charge in [0.05, 0.1) is 0 Å². The summed E-state index contributed by atoms with van der Waals surface area (Å²) in [5, 5.41) is 3.45. The topological polar surface area (TPSA) is 52.7 Å². The van der Waals surface area contributed by atoms with Crippen molar-refractivity contribution in [3.05, 3.63) is 95.0 Å². The first-order chi connectivity index (χ1) is 14.6. The van der Waals surface area contributed by atoms with Crippen LogP contribution in [-0.2, 0) is 6.54 Å². The van der Waals surface area contributed by atoms with Gasteiger partial charge in [-0.15, -0.1) is 0 Å². The maximum Gasteiger partial charge on any atom is 0.324 e. The molecule has 0 atom stereocenters. The Kier molecular flexibility index (Phi) is 6.00. The van der Waals surface area contributed by atoms with Crippen molar-refractivity contribution in [2.75, 3.05) is 23.3 Å². The fourth-order valence-corrected chi connectivity index (χ4v) is 3.63. The number of nitrogens with one attached hydrogen (secondary N) is 1. The quantitative estimate of drug-likeness (QED) is 0.599. The summed E-state index contributed by atoms with van der Waals surface area (Å²) in [6.45, 7) is 2.03. The van der Waals surface area contributed by atoms with Crippen LogP contribution in [0.5, 0.6) is 0 Å². The van der Waals surface area contributed by atoms with Gasteiger partial charge < -0.3 is 10.2 Å². The van der Waals surface area contributed by atoms with Crippen LogP contribution in [0.1, 0.15) is 22.3 Å². The second-order valence-corrected chi connectivity index (χ2v) is 7.64. The van der Waals surface area contributed by atoms with Gasteiger partial charge >= 0.3 is 6.03 Å². The highest BCUT2D eigenvalue weighted by Gasteiger charge is 2.26. The second kappa shape index (κ2) is 9.01. The minimum Gasteiger partial charge on any atom is -0.322 e. The maximum absolute atomic E-state index is 13.0. The molecular weight excluding hydrogens is 398 g/mol. The molecule has 30 heavy (non-hydrogen) atoms. The van der Waals surface area contributed by atoms with Crippen molar-refractivity contribution in [3.8, 4) is 0 Å². The lowest BCUT2D eigenvalue weighted by molar-refractivity contribution is 0.102. The number of carbonyl (C=O) groups excluding carboxylic acids is 2. The van der Waals surface area contributed by atoms with E-state index in [0.29, 0.717) is 29.4 Å². The Morgan fingerprint density at radius 3 is 2.30 bits per heavy atom. The normalized spacial score (nSPS) is 14.0. The zero-order valence-electron chi connectivity index (χ0n) is 16.4. The number of urea groups is 1. The average Bonchev–Trinajstić information content (AvgIpc) is 2.77. The lowest BCUT2D eigenvalue weighted by Crippen LogP contribution is -2.49. The van der Waals surface area contributed by atoms with Gasteiger partial charge in [0, 0.05) is 41.6 Å². The van der Waals surface area contributed by atoms with Gasteiger partial charge in [0.2, 0.25) is 0 Å². The first-order valence-corrected chi connectivity index (χ1v) is 10.3. The Morgan fingerprint density at radius 1 is 0.900 bits per heavy atom. The van der Waals surface area contributed by atoms with E-state index in [9.17, 15) is 9.59 Å². The van der Waals surface area contributed by atoms with Crippen molar-refractivity contribution in [3.63, 3.8) is 0 Å². The zero-order valence-corrected chi connectivity index (χ0v) is 17.2. The molecule has 1 fully saturated rings. The molecule has 6 heteroatoms. The van der Waals surface area contributed by atoms with Gasteiger partial charge in [0.25, 0.3) is 5.91 Å². The molecule has 1 heterocycles. The first-order valence-electron chi connectivity index (χ1n) is 9.87. The smallest absolute Gasteiger partial charge is 0.322 e.